The molecule has 26 heavy (non-hydrogen) atoms. The Hall–Kier alpha value is -2.23. The number of esters is 1. The second kappa shape index (κ2) is 7.18. The molecule has 0 spiro atoms. The van der Waals surface area contributed by atoms with E-state index in [1.807, 2.05) is 0 Å². The molecular weight excluding hydrogens is 401 g/mol. The van der Waals surface area contributed by atoms with E-state index in [-0.39, 0.29) is 34.8 Å². The van der Waals surface area contributed by atoms with Crippen molar-refractivity contribution in [3.63, 3.8) is 0 Å². The topological polar surface area (TPSA) is 113 Å². The van der Waals surface area contributed by atoms with E-state index in [1.165, 1.54) is 6.20 Å². The lowest BCUT2D eigenvalue weighted by Crippen LogP contribution is -2.24. The first-order chi connectivity index (χ1) is 12.3. The molecule has 0 aliphatic rings. The predicted molar refractivity (Wildman–Crippen MR) is 100 cm³/mol. The molecule has 0 aliphatic carbocycles. The lowest BCUT2D eigenvalue weighted by atomic mass is 10.2. The number of ether oxygens (including phenoxy) is 1. The number of aryl methyl sites for hydroxylation is 1. The number of nitrogens with two attached hydrogens (primary N) is 1. The van der Waals surface area contributed by atoms with Gasteiger partial charge in [-0.1, -0.05) is 23.2 Å². The largest absolute Gasteiger partial charge is 0.462 e. The third kappa shape index (κ3) is 3.25. The predicted octanol–water partition coefficient (Wildman–Crippen LogP) is 2.67. The van der Waals surface area contributed by atoms with Crippen LogP contribution >= 0.6 is 34.5 Å². The first-order valence-corrected chi connectivity index (χ1v) is 9.04. The monoisotopic (exact) mass is 413 g/mol. The highest BCUT2D eigenvalue weighted by atomic mass is 35.5. The Morgan fingerprint density at radius 3 is 2.81 bits per heavy atom. The van der Waals surface area contributed by atoms with E-state index < -0.39 is 11.5 Å². The van der Waals surface area contributed by atoms with Crippen LogP contribution in [0.3, 0.4) is 0 Å². The minimum Gasteiger partial charge on any atom is -0.462 e. The van der Waals surface area contributed by atoms with Crippen molar-refractivity contribution < 1.29 is 9.53 Å². The fourth-order valence-electron chi connectivity index (χ4n) is 2.37. The molecule has 8 nitrogen and oxygen atoms in total. The van der Waals surface area contributed by atoms with Crippen molar-refractivity contribution in [3.8, 4) is 0 Å². The van der Waals surface area contributed by atoms with Crippen LogP contribution in [0.5, 0.6) is 0 Å². The van der Waals surface area contributed by atoms with Crippen LogP contribution in [0.25, 0.3) is 10.2 Å². The van der Waals surface area contributed by atoms with Gasteiger partial charge in [0.15, 0.2) is 5.82 Å². The van der Waals surface area contributed by atoms with E-state index in [2.05, 4.69) is 15.1 Å². The number of thiophene rings is 1. The summed E-state index contributed by atoms with van der Waals surface area (Å²) in [6.45, 7) is 3.72. The smallest absolute Gasteiger partial charge is 0.348 e. The van der Waals surface area contributed by atoms with Crippen LogP contribution in [0.2, 0.25) is 10.0 Å². The van der Waals surface area contributed by atoms with E-state index in [4.69, 9.17) is 33.7 Å². The van der Waals surface area contributed by atoms with Gasteiger partial charge in [-0.3, -0.25) is 4.79 Å². The maximum Gasteiger partial charge on any atom is 0.348 e. The minimum atomic E-state index is -0.559. The highest BCUT2D eigenvalue weighted by molar-refractivity contribution is 7.20. The Kier molecular flexibility index (Phi) is 5.12. The number of hydrogen-bond acceptors (Lipinski definition) is 8. The Labute approximate surface area is 161 Å². The molecule has 0 unspecified atom stereocenters. The Bertz CT molecular complexity index is 1080. The van der Waals surface area contributed by atoms with Crippen molar-refractivity contribution in [2.75, 3.05) is 12.3 Å². The molecule has 0 aromatic carbocycles. The van der Waals surface area contributed by atoms with Gasteiger partial charge in [0, 0.05) is 0 Å². The van der Waals surface area contributed by atoms with E-state index >= 15 is 0 Å². The van der Waals surface area contributed by atoms with Gasteiger partial charge < -0.3 is 10.5 Å². The lowest BCUT2D eigenvalue weighted by Gasteiger charge is -2.06. The normalized spacial score (nSPS) is 11.1. The summed E-state index contributed by atoms with van der Waals surface area (Å²) in [5, 5.41) is 4.44. The van der Waals surface area contributed by atoms with Crippen LogP contribution in [-0.4, -0.2) is 32.3 Å². The maximum atomic E-state index is 12.1. The van der Waals surface area contributed by atoms with E-state index in [9.17, 15) is 9.59 Å². The third-order valence-electron chi connectivity index (χ3n) is 3.56. The number of aromatic nitrogens is 4. The van der Waals surface area contributed by atoms with Crippen molar-refractivity contribution in [3.05, 3.63) is 42.9 Å². The molecule has 3 aromatic rings. The van der Waals surface area contributed by atoms with Gasteiger partial charge in [0.1, 0.15) is 27.1 Å². The van der Waals surface area contributed by atoms with Gasteiger partial charge in [-0.05, 0) is 19.4 Å². The molecule has 0 saturated heterocycles. The first kappa shape index (κ1) is 18.6. The second-order valence-electron chi connectivity index (χ2n) is 5.25. The van der Waals surface area contributed by atoms with Gasteiger partial charge in [0.25, 0.3) is 5.56 Å². The number of hydrogen-bond donors (Lipinski definition) is 1. The number of nitrogen functional groups attached to an aromatic ring is 1. The zero-order valence-electron chi connectivity index (χ0n) is 13.7. The van der Waals surface area contributed by atoms with Crippen LogP contribution in [0.15, 0.2) is 11.0 Å². The molecule has 2 N–H and O–H groups in total. The molecule has 0 bridgehead atoms. The van der Waals surface area contributed by atoms with E-state index in [0.29, 0.717) is 20.7 Å². The Balaban J connectivity index is 2.05. The van der Waals surface area contributed by atoms with Crippen LogP contribution in [-0.2, 0) is 11.3 Å². The molecule has 0 aliphatic heterocycles. The number of fused-ring (bicyclic) bond motifs is 1. The first-order valence-electron chi connectivity index (χ1n) is 7.47. The molecule has 11 heteroatoms. The molecule has 136 valence electrons. The molecule has 3 aromatic heterocycles. The lowest BCUT2D eigenvalue weighted by molar-refractivity contribution is 0.0531. The Morgan fingerprint density at radius 1 is 1.38 bits per heavy atom. The third-order valence-corrected chi connectivity index (χ3v) is 5.47. The maximum absolute atomic E-state index is 12.1. The summed E-state index contributed by atoms with van der Waals surface area (Å²) in [7, 11) is 0. The minimum absolute atomic E-state index is 0.0401. The SMILES string of the molecule is CCOC(=O)c1sc2nc(Cn3ncc(Cl)c(Cl)c3=O)nc(N)c2c1C. The van der Waals surface area contributed by atoms with E-state index in [0.717, 1.165) is 16.0 Å². The molecule has 0 atom stereocenters. The molecule has 3 rings (SSSR count). The van der Waals surface area contributed by atoms with E-state index in [1.54, 1.807) is 13.8 Å². The summed E-state index contributed by atoms with van der Waals surface area (Å²) >= 11 is 12.8. The number of rotatable bonds is 4. The standard InChI is InChI=1S/C15H13Cl2N5O3S/c1-3-25-15(24)11-6(2)9-12(18)20-8(21-13(9)26-11)5-22-14(23)10(17)7(16)4-19-22/h4H,3,5H2,1-2H3,(H2,18,20,21). The van der Waals surface area contributed by atoms with Gasteiger partial charge >= 0.3 is 5.97 Å². The van der Waals surface area contributed by atoms with Gasteiger partial charge in [0.05, 0.1) is 23.2 Å². The summed E-state index contributed by atoms with van der Waals surface area (Å²) in [6, 6.07) is 0. The second-order valence-corrected chi connectivity index (χ2v) is 7.04. The molecule has 0 radical (unpaired) electrons. The van der Waals surface area contributed by atoms with Gasteiger partial charge in [-0.15, -0.1) is 11.3 Å². The zero-order chi connectivity index (χ0) is 19.0. The molecular formula is C15H13Cl2N5O3S. The van der Waals surface area contributed by atoms with Crippen molar-refractivity contribution in [1.82, 2.24) is 19.7 Å². The molecule has 0 amide bonds. The average Bonchev–Trinajstić information content (AvgIpc) is 2.93. The molecule has 3 heterocycles. The van der Waals surface area contributed by atoms with Crippen molar-refractivity contribution >= 4 is 56.5 Å². The summed E-state index contributed by atoms with van der Waals surface area (Å²) in [4.78, 5) is 33.7. The Morgan fingerprint density at radius 2 is 2.12 bits per heavy atom. The quantitative estimate of drug-likeness (QED) is 0.653. The van der Waals surface area contributed by atoms with Crippen LogP contribution in [0, 0.1) is 6.92 Å². The molecule has 0 saturated carbocycles. The fraction of sp³-hybridized carbons (Fsp3) is 0.267. The van der Waals surface area contributed by atoms with Crippen LogP contribution in [0.1, 0.15) is 28.0 Å². The van der Waals surface area contributed by atoms with Crippen molar-refractivity contribution in [2.45, 2.75) is 20.4 Å². The van der Waals surface area contributed by atoms with Crippen molar-refractivity contribution in [1.29, 1.82) is 0 Å². The zero-order valence-corrected chi connectivity index (χ0v) is 16.1. The number of carbonyl (C=O) groups excluding carboxylic acids is 1. The van der Waals surface area contributed by atoms with Crippen LogP contribution < -0.4 is 11.3 Å². The summed E-state index contributed by atoms with van der Waals surface area (Å²) in [5.41, 5.74) is 6.14. The summed E-state index contributed by atoms with van der Waals surface area (Å²) in [6.07, 6.45) is 1.27. The fourth-order valence-corrected chi connectivity index (χ4v) is 3.74. The number of nitrogens with zero attached hydrogens (tertiary/aromatic N) is 4. The van der Waals surface area contributed by atoms with Gasteiger partial charge in [-0.25, -0.2) is 19.4 Å². The van der Waals surface area contributed by atoms with Crippen LogP contribution in [0.4, 0.5) is 5.82 Å². The highest BCUT2D eigenvalue weighted by Gasteiger charge is 2.21. The number of halogens is 2. The van der Waals surface area contributed by atoms with Gasteiger partial charge in [-0.2, -0.15) is 5.10 Å². The summed E-state index contributed by atoms with van der Waals surface area (Å²) < 4.78 is 6.13. The average molecular weight is 414 g/mol. The number of carbonyl (C=O) groups is 1. The number of anilines is 1. The molecule has 0 fully saturated rings. The summed E-state index contributed by atoms with van der Waals surface area (Å²) in [5.74, 6) is 0.0402. The van der Waals surface area contributed by atoms with Gasteiger partial charge in [0.2, 0.25) is 0 Å². The van der Waals surface area contributed by atoms with Crippen molar-refractivity contribution in [2.24, 2.45) is 0 Å². The highest BCUT2D eigenvalue weighted by Crippen LogP contribution is 2.33.